The molecule has 19 heavy (non-hydrogen) atoms. The van der Waals surface area contributed by atoms with Crippen molar-refractivity contribution in [1.29, 1.82) is 0 Å². The molecule has 1 aliphatic carbocycles. The minimum Gasteiger partial charge on any atom is -0.324 e. The van der Waals surface area contributed by atoms with Crippen molar-refractivity contribution in [3.05, 3.63) is 40.3 Å². The van der Waals surface area contributed by atoms with Gasteiger partial charge in [0.25, 0.3) is 0 Å². The summed E-state index contributed by atoms with van der Waals surface area (Å²) in [5, 5.41) is 7.38. The van der Waals surface area contributed by atoms with E-state index < -0.39 is 0 Å². The van der Waals surface area contributed by atoms with Crippen LogP contribution in [0.3, 0.4) is 0 Å². The topological polar surface area (TPSA) is 76.7 Å². The number of nitrogens with one attached hydrogen (secondary N) is 1. The van der Waals surface area contributed by atoms with Crippen molar-refractivity contribution < 1.29 is 0 Å². The summed E-state index contributed by atoms with van der Waals surface area (Å²) in [6, 6.07) is 8.25. The number of aromatic amines is 1. The lowest BCUT2D eigenvalue weighted by Gasteiger charge is -2.11. The Hall–Kier alpha value is -1.53. The molecule has 1 aromatic carbocycles. The van der Waals surface area contributed by atoms with Crippen LogP contribution in [-0.2, 0) is 0 Å². The lowest BCUT2D eigenvalue weighted by molar-refractivity contribution is 0.642. The van der Waals surface area contributed by atoms with Gasteiger partial charge in [0.15, 0.2) is 5.16 Å². The molecule has 1 saturated carbocycles. The fourth-order valence-corrected chi connectivity index (χ4v) is 3.20. The van der Waals surface area contributed by atoms with Gasteiger partial charge in [0.1, 0.15) is 0 Å². The largest absolute Gasteiger partial charge is 0.344 e. The van der Waals surface area contributed by atoms with Gasteiger partial charge in [0.2, 0.25) is 0 Å². The first kappa shape index (κ1) is 12.5. The Morgan fingerprint density at radius 3 is 2.89 bits per heavy atom. The standard InChI is InChI=1S/C13H16N4OS/c1-8(14)10-4-2-3-5-11(10)19-13-16-15-12(18)17(13)9-6-7-9/h2-5,8-9H,6-7,14H2,1H3,(H,15,18)/t8-/m1/s1. The first-order valence-electron chi connectivity index (χ1n) is 6.36. The molecule has 0 saturated heterocycles. The Kier molecular flexibility index (Phi) is 3.20. The summed E-state index contributed by atoms with van der Waals surface area (Å²) >= 11 is 1.50. The predicted molar refractivity (Wildman–Crippen MR) is 74.3 cm³/mol. The highest BCUT2D eigenvalue weighted by atomic mass is 32.2. The van der Waals surface area contributed by atoms with Gasteiger partial charge in [-0.05, 0) is 43.2 Å². The highest BCUT2D eigenvalue weighted by Crippen LogP contribution is 2.38. The van der Waals surface area contributed by atoms with E-state index in [1.165, 1.54) is 11.8 Å². The van der Waals surface area contributed by atoms with Gasteiger partial charge in [0.05, 0.1) is 0 Å². The zero-order chi connectivity index (χ0) is 13.4. The molecule has 0 amide bonds. The van der Waals surface area contributed by atoms with Crippen LogP contribution >= 0.6 is 11.8 Å². The Balaban J connectivity index is 1.96. The SMILES string of the molecule is C[C@@H](N)c1ccccc1Sc1n[nH]c(=O)n1C1CC1. The van der Waals surface area contributed by atoms with Crippen LogP contribution in [0.15, 0.2) is 39.1 Å². The molecule has 2 aromatic rings. The molecule has 0 unspecified atom stereocenters. The van der Waals surface area contributed by atoms with E-state index in [9.17, 15) is 4.79 Å². The normalized spacial score (nSPS) is 16.5. The van der Waals surface area contributed by atoms with Gasteiger partial charge in [-0.2, -0.15) is 0 Å². The number of H-pyrrole nitrogens is 1. The molecule has 1 fully saturated rings. The zero-order valence-electron chi connectivity index (χ0n) is 10.7. The fraction of sp³-hybridized carbons (Fsp3) is 0.385. The average Bonchev–Trinajstić information content (AvgIpc) is 3.15. The van der Waals surface area contributed by atoms with Gasteiger partial charge in [-0.25, -0.2) is 9.89 Å². The first-order chi connectivity index (χ1) is 9.16. The molecule has 1 aliphatic rings. The number of benzene rings is 1. The monoisotopic (exact) mass is 276 g/mol. The fourth-order valence-electron chi connectivity index (χ4n) is 2.06. The maximum Gasteiger partial charge on any atom is 0.344 e. The van der Waals surface area contributed by atoms with E-state index in [4.69, 9.17) is 5.73 Å². The molecular weight excluding hydrogens is 260 g/mol. The molecule has 0 spiro atoms. The summed E-state index contributed by atoms with van der Waals surface area (Å²) < 4.78 is 1.75. The molecule has 100 valence electrons. The average molecular weight is 276 g/mol. The Morgan fingerprint density at radius 1 is 1.47 bits per heavy atom. The number of aromatic nitrogens is 3. The number of nitrogens with zero attached hydrogens (tertiary/aromatic N) is 2. The Labute approximate surface area is 115 Å². The van der Waals surface area contributed by atoms with E-state index in [1.54, 1.807) is 4.57 Å². The van der Waals surface area contributed by atoms with Gasteiger partial charge < -0.3 is 5.73 Å². The minimum absolute atomic E-state index is 0.0382. The third-order valence-electron chi connectivity index (χ3n) is 3.19. The van der Waals surface area contributed by atoms with Crippen molar-refractivity contribution in [2.24, 2.45) is 5.73 Å². The van der Waals surface area contributed by atoms with Crippen molar-refractivity contribution >= 4 is 11.8 Å². The van der Waals surface area contributed by atoms with Gasteiger partial charge in [-0.3, -0.25) is 4.57 Å². The summed E-state index contributed by atoms with van der Waals surface area (Å²) in [6.45, 7) is 1.96. The molecule has 0 radical (unpaired) electrons. The number of nitrogens with two attached hydrogens (primary N) is 1. The third-order valence-corrected chi connectivity index (χ3v) is 4.26. The maximum absolute atomic E-state index is 11.7. The van der Waals surface area contributed by atoms with E-state index >= 15 is 0 Å². The molecule has 5 nitrogen and oxygen atoms in total. The molecular formula is C13H16N4OS. The molecule has 1 atom stereocenters. The predicted octanol–water partition coefficient (Wildman–Crippen LogP) is 2.08. The van der Waals surface area contributed by atoms with Crippen molar-refractivity contribution in [3.63, 3.8) is 0 Å². The van der Waals surface area contributed by atoms with Crippen molar-refractivity contribution in [1.82, 2.24) is 14.8 Å². The second-order valence-electron chi connectivity index (χ2n) is 4.84. The van der Waals surface area contributed by atoms with Crippen LogP contribution in [-0.4, -0.2) is 14.8 Å². The number of hydrogen-bond acceptors (Lipinski definition) is 4. The smallest absolute Gasteiger partial charge is 0.324 e. The maximum atomic E-state index is 11.7. The van der Waals surface area contributed by atoms with Gasteiger partial charge >= 0.3 is 5.69 Å². The molecule has 3 rings (SSSR count). The molecule has 1 aromatic heterocycles. The van der Waals surface area contributed by atoms with Crippen molar-refractivity contribution in [3.8, 4) is 0 Å². The van der Waals surface area contributed by atoms with Crippen LogP contribution in [0.25, 0.3) is 0 Å². The van der Waals surface area contributed by atoms with Crippen LogP contribution in [0.4, 0.5) is 0 Å². The molecule has 1 heterocycles. The number of rotatable bonds is 4. The highest BCUT2D eigenvalue weighted by Gasteiger charge is 2.29. The highest BCUT2D eigenvalue weighted by molar-refractivity contribution is 7.99. The third kappa shape index (κ3) is 2.46. The summed E-state index contributed by atoms with van der Waals surface area (Å²) in [5.74, 6) is 0. The summed E-state index contributed by atoms with van der Waals surface area (Å²) in [5.41, 5.74) is 6.93. The van der Waals surface area contributed by atoms with Crippen LogP contribution < -0.4 is 11.4 Å². The van der Waals surface area contributed by atoms with E-state index in [2.05, 4.69) is 10.2 Å². The zero-order valence-corrected chi connectivity index (χ0v) is 11.5. The Bertz CT molecular complexity index is 642. The van der Waals surface area contributed by atoms with Crippen LogP contribution in [0.1, 0.15) is 37.4 Å². The van der Waals surface area contributed by atoms with E-state index in [1.807, 2.05) is 31.2 Å². The van der Waals surface area contributed by atoms with Crippen LogP contribution in [0.5, 0.6) is 0 Å². The summed E-state index contributed by atoms with van der Waals surface area (Å²) in [7, 11) is 0. The van der Waals surface area contributed by atoms with Gasteiger partial charge in [0, 0.05) is 17.0 Å². The van der Waals surface area contributed by atoms with E-state index in [-0.39, 0.29) is 11.7 Å². The molecule has 6 heteroatoms. The second-order valence-corrected chi connectivity index (χ2v) is 5.85. The molecule has 3 N–H and O–H groups in total. The lowest BCUT2D eigenvalue weighted by atomic mass is 10.1. The van der Waals surface area contributed by atoms with E-state index in [0.717, 1.165) is 28.5 Å². The van der Waals surface area contributed by atoms with Crippen molar-refractivity contribution in [2.75, 3.05) is 0 Å². The van der Waals surface area contributed by atoms with Gasteiger partial charge in [-0.15, -0.1) is 5.10 Å². The van der Waals surface area contributed by atoms with Gasteiger partial charge in [-0.1, -0.05) is 18.2 Å². The van der Waals surface area contributed by atoms with Crippen molar-refractivity contribution in [2.45, 2.75) is 41.9 Å². The van der Waals surface area contributed by atoms with E-state index in [0.29, 0.717) is 6.04 Å². The summed E-state index contributed by atoms with van der Waals surface area (Å²) in [6.07, 6.45) is 2.11. The second kappa shape index (κ2) is 4.86. The minimum atomic E-state index is -0.122. The quantitative estimate of drug-likeness (QED) is 0.896. The lowest BCUT2D eigenvalue weighted by Crippen LogP contribution is -2.16. The van der Waals surface area contributed by atoms with Crippen LogP contribution in [0.2, 0.25) is 0 Å². The first-order valence-corrected chi connectivity index (χ1v) is 7.17. The number of hydrogen-bond donors (Lipinski definition) is 2. The van der Waals surface area contributed by atoms with Crippen LogP contribution in [0, 0.1) is 0 Å². The Morgan fingerprint density at radius 2 is 2.21 bits per heavy atom. The molecule has 0 aliphatic heterocycles. The molecule has 0 bridgehead atoms. The summed E-state index contributed by atoms with van der Waals surface area (Å²) in [4.78, 5) is 12.8.